The molecule has 0 N–H and O–H groups in total. The minimum Gasteiger partial charge on any atom is -0.465 e. The molecule has 0 aromatic heterocycles. The summed E-state index contributed by atoms with van der Waals surface area (Å²) in [5, 5.41) is 0. The smallest absolute Gasteiger partial charge is 0.311 e. The van der Waals surface area contributed by atoms with E-state index in [0.717, 1.165) is 0 Å². The van der Waals surface area contributed by atoms with Crippen molar-refractivity contribution in [2.75, 3.05) is 6.61 Å². The van der Waals surface area contributed by atoms with Crippen LogP contribution in [0.1, 0.15) is 76.2 Å². The molecule has 0 amide bonds. The fourth-order valence-electron chi connectivity index (χ4n) is 2.34. The van der Waals surface area contributed by atoms with Gasteiger partial charge in [-0.05, 0) is 47.0 Å². The molecule has 0 bridgehead atoms. The molecular formula is C19H36O4. The number of rotatable bonds is 4. The Morgan fingerprint density at radius 3 is 1.43 bits per heavy atom. The third-order valence-corrected chi connectivity index (χ3v) is 3.52. The highest BCUT2D eigenvalue weighted by atomic mass is 16.6. The molecule has 0 aromatic rings. The van der Waals surface area contributed by atoms with Gasteiger partial charge in [0, 0.05) is 5.41 Å². The van der Waals surface area contributed by atoms with Gasteiger partial charge in [0.1, 0.15) is 6.10 Å². The maximum Gasteiger partial charge on any atom is 0.311 e. The first-order valence-electron chi connectivity index (χ1n) is 8.27. The highest BCUT2D eigenvalue weighted by Crippen LogP contribution is 2.38. The number of hydrogen-bond donors (Lipinski definition) is 0. The molecule has 0 spiro atoms. The average molecular weight is 328 g/mol. The third kappa shape index (κ3) is 6.92. The lowest BCUT2D eigenvalue weighted by Gasteiger charge is -2.42. The van der Waals surface area contributed by atoms with Gasteiger partial charge < -0.3 is 9.47 Å². The van der Waals surface area contributed by atoms with Crippen LogP contribution in [0.5, 0.6) is 0 Å². The second-order valence-corrected chi connectivity index (χ2v) is 10.2. The summed E-state index contributed by atoms with van der Waals surface area (Å²) in [5.41, 5.74) is -1.87. The van der Waals surface area contributed by atoms with Crippen molar-refractivity contribution < 1.29 is 19.1 Å². The largest absolute Gasteiger partial charge is 0.465 e. The first kappa shape index (κ1) is 21.9. The second-order valence-electron chi connectivity index (χ2n) is 10.2. The van der Waals surface area contributed by atoms with E-state index in [4.69, 9.17) is 9.47 Å². The van der Waals surface area contributed by atoms with E-state index in [9.17, 15) is 9.59 Å². The van der Waals surface area contributed by atoms with Gasteiger partial charge in [0.15, 0.2) is 0 Å². The van der Waals surface area contributed by atoms with Crippen molar-refractivity contribution in [2.24, 2.45) is 21.7 Å². The normalized spacial score (nSPS) is 15.1. The van der Waals surface area contributed by atoms with E-state index in [-0.39, 0.29) is 30.1 Å². The fourth-order valence-corrected chi connectivity index (χ4v) is 2.34. The fraction of sp³-hybridized carbons (Fsp3) is 0.895. The Balaban J connectivity index is 5.24. The molecular weight excluding hydrogens is 292 g/mol. The molecule has 1 atom stereocenters. The van der Waals surface area contributed by atoms with E-state index < -0.39 is 16.2 Å². The summed E-state index contributed by atoms with van der Waals surface area (Å²) in [4.78, 5) is 24.4. The average Bonchev–Trinajstić information content (AvgIpc) is 2.28. The van der Waals surface area contributed by atoms with Crippen LogP contribution in [0.15, 0.2) is 0 Å². The summed E-state index contributed by atoms with van der Waals surface area (Å²) in [6, 6.07) is 0. The summed E-state index contributed by atoms with van der Waals surface area (Å²) in [5.74, 6) is -0.493. The van der Waals surface area contributed by atoms with Crippen LogP contribution in [-0.2, 0) is 19.1 Å². The molecule has 23 heavy (non-hydrogen) atoms. The minimum absolute atomic E-state index is 0.211. The van der Waals surface area contributed by atoms with E-state index in [1.165, 1.54) is 0 Å². The number of carbonyl (C=O) groups excluding carboxylic acids is 2. The zero-order chi connectivity index (χ0) is 18.9. The Morgan fingerprint density at radius 2 is 1.13 bits per heavy atom. The first-order chi connectivity index (χ1) is 9.89. The molecule has 0 saturated heterocycles. The number of hydrogen-bond acceptors (Lipinski definition) is 4. The van der Waals surface area contributed by atoms with Crippen LogP contribution in [0.2, 0.25) is 0 Å². The topological polar surface area (TPSA) is 52.6 Å². The molecule has 4 heteroatoms. The van der Waals surface area contributed by atoms with Crippen molar-refractivity contribution in [3.8, 4) is 0 Å². The third-order valence-electron chi connectivity index (χ3n) is 3.52. The van der Waals surface area contributed by atoms with Crippen LogP contribution in [0.3, 0.4) is 0 Å². The summed E-state index contributed by atoms with van der Waals surface area (Å²) >= 11 is 0. The van der Waals surface area contributed by atoms with E-state index in [1.807, 2.05) is 76.2 Å². The molecule has 0 radical (unpaired) electrons. The van der Waals surface area contributed by atoms with Gasteiger partial charge in [-0.1, -0.05) is 34.6 Å². The summed E-state index contributed by atoms with van der Waals surface area (Å²) in [6.07, 6.45) is -0.366. The summed E-state index contributed by atoms with van der Waals surface area (Å²) in [6.45, 7) is 21.2. The highest BCUT2D eigenvalue weighted by Gasteiger charge is 2.44. The van der Waals surface area contributed by atoms with Gasteiger partial charge in [0.25, 0.3) is 0 Å². The Labute approximate surface area is 142 Å². The minimum atomic E-state index is -0.568. The Bertz CT molecular complexity index is 428. The molecule has 0 aromatic carbocycles. The van der Waals surface area contributed by atoms with Crippen LogP contribution < -0.4 is 0 Å². The molecule has 0 rings (SSSR count). The zero-order valence-corrected chi connectivity index (χ0v) is 16.9. The van der Waals surface area contributed by atoms with Crippen LogP contribution in [0.25, 0.3) is 0 Å². The quantitative estimate of drug-likeness (QED) is 0.707. The second kappa shape index (κ2) is 6.82. The van der Waals surface area contributed by atoms with Gasteiger partial charge >= 0.3 is 11.9 Å². The van der Waals surface area contributed by atoms with E-state index in [0.29, 0.717) is 0 Å². The monoisotopic (exact) mass is 328 g/mol. The molecule has 0 aliphatic carbocycles. The van der Waals surface area contributed by atoms with Crippen molar-refractivity contribution in [1.29, 1.82) is 0 Å². The maximum atomic E-state index is 12.3. The Hall–Kier alpha value is -1.06. The lowest BCUT2D eigenvalue weighted by Crippen LogP contribution is -2.48. The van der Waals surface area contributed by atoms with Crippen LogP contribution in [0.4, 0.5) is 0 Å². The standard InChI is InChI=1S/C19H36O4/c1-16(2,3)13(23-15(21)18(7,8)9)19(10,11)12-22-14(20)17(4,5)6/h13H,12H2,1-11H3. The van der Waals surface area contributed by atoms with Crippen molar-refractivity contribution in [1.82, 2.24) is 0 Å². The predicted octanol–water partition coefficient (Wildman–Crippen LogP) is 4.61. The molecule has 136 valence electrons. The number of esters is 2. The molecule has 0 aliphatic heterocycles. The SMILES string of the molecule is CC(C)(C)C(=O)OCC(C)(C)C(OC(=O)C(C)(C)C)C(C)(C)C. The number of ether oxygens (including phenoxy) is 2. The highest BCUT2D eigenvalue weighted by molar-refractivity contribution is 5.76. The summed E-state index contributed by atoms with van der Waals surface area (Å²) in [7, 11) is 0. The Kier molecular flexibility index (Phi) is 6.51. The summed E-state index contributed by atoms with van der Waals surface area (Å²) < 4.78 is 11.3. The van der Waals surface area contributed by atoms with Gasteiger partial charge in [0.05, 0.1) is 17.4 Å². The molecule has 1 unspecified atom stereocenters. The molecule has 0 saturated carbocycles. The molecule has 4 nitrogen and oxygen atoms in total. The van der Waals surface area contributed by atoms with E-state index >= 15 is 0 Å². The lowest BCUT2D eigenvalue weighted by molar-refractivity contribution is -0.181. The predicted molar refractivity (Wildman–Crippen MR) is 93.0 cm³/mol. The van der Waals surface area contributed by atoms with Crippen LogP contribution >= 0.6 is 0 Å². The van der Waals surface area contributed by atoms with Gasteiger partial charge in [-0.2, -0.15) is 0 Å². The molecule has 0 fully saturated rings. The van der Waals surface area contributed by atoms with Gasteiger partial charge in [0.2, 0.25) is 0 Å². The van der Waals surface area contributed by atoms with Crippen LogP contribution in [-0.4, -0.2) is 24.6 Å². The van der Waals surface area contributed by atoms with Gasteiger partial charge in [-0.15, -0.1) is 0 Å². The maximum absolute atomic E-state index is 12.3. The van der Waals surface area contributed by atoms with E-state index in [1.54, 1.807) is 0 Å². The van der Waals surface area contributed by atoms with Gasteiger partial charge in [-0.3, -0.25) is 9.59 Å². The van der Waals surface area contributed by atoms with Crippen molar-refractivity contribution in [2.45, 2.75) is 82.3 Å². The van der Waals surface area contributed by atoms with Crippen LogP contribution in [0, 0.1) is 21.7 Å². The van der Waals surface area contributed by atoms with E-state index in [2.05, 4.69) is 0 Å². The Morgan fingerprint density at radius 1 is 0.739 bits per heavy atom. The van der Waals surface area contributed by atoms with Crippen molar-refractivity contribution >= 4 is 11.9 Å². The zero-order valence-electron chi connectivity index (χ0n) is 16.9. The molecule has 0 aliphatic rings. The van der Waals surface area contributed by atoms with Gasteiger partial charge in [-0.25, -0.2) is 0 Å². The lowest BCUT2D eigenvalue weighted by atomic mass is 9.73. The first-order valence-corrected chi connectivity index (χ1v) is 8.27. The van der Waals surface area contributed by atoms with Crippen molar-refractivity contribution in [3.05, 3.63) is 0 Å². The van der Waals surface area contributed by atoms with Crippen molar-refractivity contribution in [3.63, 3.8) is 0 Å². The number of carbonyl (C=O) groups is 2. The molecule has 0 heterocycles.